The third-order valence-electron chi connectivity index (χ3n) is 3.05. The van der Waals surface area contributed by atoms with E-state index >= 15 is 0 Å². The Balaban J connectivity index is 1.97. The van der Waals surface area contributed by atoms with Gasteiger partial charge in [-0.2, -0.15) is 0 Å². The first-order valence-electron chi connectivity index (χ1n) is 6.66. The number of halogens is 1. The zero-order valence-electron chi connectivity index (χ0n) is 12.1. The minimum atomic E-state index is -0.459. The third kappa shape index (κ3) is 4.05. The molecule has 110 valence electrons. The van der Waals surface area contributed by atoms with Gasteiger partial charge in [0, 0.05) is 6.42 Å². The Hall–Kier alpha value is -2.36. The van der Waals surface area contributed by atoms with E-state index in [1.54, 1.807) is 0 Å². The van der Waals surface area contributed by atoms with Gasteiger partial charge in [0.2, 0.25) is 0 Å². The van der Waals surface area contributed by atoms with Gasteiger partial charge in [-0.05, 0) is 42.8 Å². The second-order valence-electron chi connectivity index (χ2n) is 4.68. The van der Waals surface area contributed by atoms with Crippen LogP contribution in [0.5, 0.6) is 11.5 Å². The van der Waals surface area contributed by atoms with Crippen molar-refractivity contribution < 1.29 is 18.7 Å². The Bertz CT molecular complexity index is 638. The maximum atomic E-state index is 13.2. The summed E-state index contributed by atoms with van der Waals surface area (Å²) in [6.07, 6.45) is 0.160. The highest BCUT2D eigenvalue weighted by atomic mass is 19.1. The predicted molar refractivity (Wildman–Crippen MR) is 78.6 cm³/mol. The topological polar surface area (TPSA) is 35.5 Å². The first-order chi connectivity index (χ1) is 10.1. The van der Waals surface area contributed by atoms with Crippen molar-refractivity contribution in [3.63, 3.8) is 0 Å². The van der Waals surface area contributed by atoms with Gasteiger partial charge >= 0.3 is 0 Å². The first-order valence-corrected chi connectivity index (χ1v) is 6.66. The summed E-state index contributed by atoms with van der Waals surface area (Å²) in [5.74, 6) is 0.420. The smallest absolute Gasteiger partial charge is 0.170 e. The first kappa shape index (κ1) is 15.0. The molecule has 4 heteroatoms. The molecule has 0 saturated carbocycles. The lowest BCUT2D eigenvalue weighted by molar-refractivity contribution is 0.0958. The summed E-state index contributed by atoms with van der Waals surface area (Å²) < 4.78 is 23.8. The third-order valence-corrected chi connectivity index (χ3v) is 3.05. The number of carbonyl (C=O) groups is 1. The number of rotatable bonds is 6. The molecular weight excluding hydrogens is 271 g/mol. The molecule has 0 spiro atoms. The Labute approximate surface area is 123 Å². The lowest BCUT2D eigenvalue weighted by atomic mass is 10.1. The number of hydrogen-bond acceptors (Lipinski definition) is 3. The maximum absolute atomic E-state index is 13.2. The van der Waals surface area contributed by atoms with E-state index in [0.29, 0.717) is 11.5 Å². The van der Waals surface area contributed by atoms with E-state index in [1.165, 1.54) is 25.3 Å². The molecule has 2 aromatic rings. The molecule has 0 aliphatic carbocycles. The van der Waals surface area contributed by atoms with Gasteiger partial charge in [0.05, 0.1) is 19.3 Å². The van der Waals surface area contributed by atoms with E-state index in [0.717, 1.165) is 5.56 Å². The van der Waals surface area contributed by atoms with Crippen LogP contribution in [0.15, 0.2) is 42.5 Å². The number of ether oxygens (including phenoxy) is 2. The molecule has 0 aromatic heterocycles. The molecule has 0 radical (unpaired) electrons. The van der Waals surface area contributed by atoms with E-state index in [-0.39, 0.29) is 24.4 Å². The minimum Gasteiger partial charge on any atom is -0.496 e. The average Bonchev–Trinajstić information content (AvgIpc) is 2.47. The Morgan fingerprint density at radius 2 is 2.00 bits per heavy atom. The zero-order chi connectivity index (χ0) is 15.2. The van der Waals surface area contributed by atoms with E-state index in [1.807, 2.05) is 31.2 Å². The number of methoxy groups -OCH3 is 1. The van der Waals surface area contributed by atoms with E-state index in [9.17, 15) is 9.18 Å². The van der Waals surface area contributed by atoms with Crippen LogP contribution < -0.4 is 9.47 Å². The lowest BCUT2D eigenvalue weighted by Crippen LogP contribution is -2.08. The van der Waals surface area contributed by atoms with Crippen molar-refractivity contribution in [1.29, 1.82) is 0 Å². The number of benzene rings is 2. The molecule has 2 rings (SSSR count). The van der Waals surface area contributed by atoms with Crippen LogP contribution in [0.4, 0.5) is 4.39 Å². The molecule has 21 heavy (non-hydrogen) atoms. The molecule has 0 amide bonds. The molecule has 0 aliphatic heterocycles. The molecule has 0 unspecified atom stereocenters. The summed E-state index contributed by atoms with van der Waals surface area (Å²) in [7, 11) is 1.45. The van der Waals surface area contributed by atoms with Crippen LogP contribution in [0, 0.1) is 12.7 Å². The van der Waals surface area contributed by atoms with Crippen molar-refractivity contribution >= 4 is 5.78 Å². The Morgan fingerprint density at radius 1 is 1.19 bits per heavy atom. The number of aryl methyl sites for hydroxylation is 1. The summed E-state index contributed by atoms with van der Waals surface area (Å²) in [6, 6.07) is 11.5. The highest BCUT2D eigenvalue weighted by molar-refractivity contribution is 5.98. The summed E-state index contributed by atoms with van der Waals surface area (Å²) in [4.78, 5) is 12.1. The maximum Gasteiger partial charge on any atom is 0.170 e. The minimum absolute atomic E-state index is 0.160. The van der Waals surface area contributed by atoms with Crippen LogP contribution >= 0.6 is 0 Å². The zero-order valence-corrected chi connectivity index (χ0v) is 12.1. The molecule has 0 aliphatic rings. The van der Waals surface area contributed by atoms with Crippen molar-refractivity contribution in [3.05, 3.63) is 59.4 Å². The van der Waals surface area contributed by atoms with E-state index < -0.39 is 5.82 Å². The number of Topliss-reactive ketones (excluding diaryl/α,β-unsaturated/α-hetero) is 1. The van der Waals surface area contributed by atoms with Gasteiger partial charge in [-0.15, -0.1) is 0 Å². The lowest BCUT2D eigenvalue weighted by Gasteiger charge is -2.09. The second kappa shape index (κ2) is 6.88. The largest absolute Gasteiger partial charge is 0.496 e. The average molecular weight is 288 g/mol. The number of ketones is 1. The summed E-state index contributed by atoms with van der Waals surface area (Å²) in [5, 5.41) is 0. The highest BCUT2D eigenvalue weighted by Crippen LogP contribution is 2.21. The molecule has 0 atom stereocenters. The van der Waals surface area contributed by atoms with Crippen LogP contribution in [0.2, 0.25) is 0 Å². The molecular formula is C17H17FO3. The normalized spacial score (nSPS) is 10.2. The van der Waals surface area contributed by atoms with Gasteiger partial charge < -0.3 is 9.47 Å². The van der Waals surface area contributed by atoms with Gasteiger partial charge in [0.25, 0.3) is 0 Å². The van der Waals surface area contributed by atoms with Crippen LogP contribution in [-0.2, 0) is 0 Å². The van der Waals surface area contributed by atoms with Gasteiger partial charge in [-0.1, -0.05) is 12.1 Å². The number of hydrogen-bond donors (Lipinski definition) is 0. The van der Waals surface area contributed by atoms with Crippen molar-refractivity contribution in [1.82, 2.24) is 0 Å². The Morgan fingerprint density at radius 3 is 2.71 bits per heavy atom. The highest BCUT2D eigenvalue weighted by Gasteiger charge is 2.13. The SMILES string of the molecule is COc1ccc(F)cc1C(=O)CCOc1cccc(C)c1. The summed E-state index contributed by atoms with van der Waals surface area (Å²) in [5.41, 5.74) is 1.33. The molecule has 2 aromatic carbocycles. The molecule has 0 fully saturated rings. The fourth-order valence-corrected chi connectivity index (χ4v) is 2.00. The summed E-state index contributed by atoms with van der Waals surface area (Å²) in [6.45, 7) is 2.21. The van der Waals surface area contributed by atoms with Crippen LogP contribution in [0.3, 0.4) is 0 Å². The van der Waals surface area contributed by atoms with Crippen molar-refractivity contribution in [2.75, 3.05) is 13.7 Å². The Kier molecular flexibility index (Phi) is 4.93. The quantitative estimate of drug-likeness (QED) is 0.759. The van der Waals surface area contributed by atoms with Crippen LogP contribution in [-0.4, -0.2) is 19.5 Å². The molecule has 0 heterocycles. The molecule has 0 N–H and O–H groups in total. The van der Waals surface area contributed by atoms with Gasteiger partial charge in [0.1, 0.15) is 17.3 Å². The van der Waals surface area contributed by atoms with Crippen molar-refractivity contribution in [2.24, 2.45) is 0 Å². The van der Waals surface area contributed by atoms with Crippen LogP contribution in [0.25, 0.3) is 0 Å². The van der Waals surface area contributed by atoms with Crippen molar-refractivity contribution in [3.8, 4) is 11.5 Å². The molecule has 3 nitrogen and oxygen atoms in total. The standard InChI is InChI=1S/C17H17FO3/c1-12-4-3-5-14(10-12)21-9-8-16(19)15-11-13(18)6-7-17(15)20-2/h3-7,10-11H,8-9H2,1-2H3. The van der Waals surface area contributed by atoms with Gasteiger partial charge in [-0.25, -0.2) is 4.39 Å². The van der Waals surface area contributed by atoms with Crippen molar-refractivity contribution in [2.45, 2.75) is 13.3 Å². The molecule has 0 saturated heterocycles. The predicted octanol–water partition coefficient (Wildman–Crippen LogP) is 3.79. The van der Waals surface area contributed by atoms with E-state index in [2.05, 4.69) is 0 Å². The van der Waals surface area contributed by atoms with E-state index in [4.69, 9.17) is 9.47 Å². The molecule has 0 bridgehead atoms. The second-order valence-corrected chi connectivity index (χ2v) is 4.68. The summed E-state index contributed by atoms with van der Waals surface area (Å²) >= 11 is 0. The van der Waals surface area contributed by atoms with Gasteiger partial charge in [-0.3, -0.25) is 4.79 Å². The van der Waals surface area contributed by atoms with Crippen LogP contribution in [0.1, 0.15) is 22.3 Å². The number of carbonyl (C=O) groups excluding carboxylic acids is 1. The fourth-order valence-electron chi connectivity index (χ4n) is 2.00. The van der Waals surface area contributed by atoms with Gasteiger partial charge in [0.15, 0.2) is 5.78 Å². The fraction of sp³-hybridized carbons (Fsp3) is 0.235. The monoisotopic (exact) mass is 288 g/mol.